The molecular formula is C70H39N3O3. The van der Waals surface area contributed by atoms with Gasteiger partial charge in [-0.25, -0.2) is 15.0 Å². The predicted molar refractivity (Wildman–Crippen MR) is 305 cm³/mol. The number of furan rings is 3. The lowest BCUT2D eigenvalue weighted by atomic mass is 9.70. The van der Waals surface area contributed by atoms with E-state index < -0.39 is 5.41 Å². The van der Waals surface area contributed by atoms with Gasteiger partial charge in [0.15, 0.2) is 17.5 Å². The Bertz CT molecular complexity index is 4780. The first-order chi connectivity index (χ1) is 37.7. The molecule has 11 aromatic carbocycles. The van der Waals surface area contributed by atoms with E-state index in [-0.39, 0.29) is 0 Å². The van der Waals surface area contributed by atoms with E-state index in [9.17, 15) is 0 Å². The highest BCUT2D eigenvalue weighted by atomic mass is 16.3. The molecule has 0 amide bonds. The maximum absolute atomic E-state index is 6.69. The zero-order valence-electron chi connectivity index (χ0n) is 40.6. The molecule has 15 aromatic rings. The molecule has 0 N–H and O–H groups in total. The molecule has 4 heterocycles. The van der Waals surface area contributed by atoms with E-state index in [2.05, 4.69) is 164 Å². The van der Waals surface area contributed by atoms with Crippen molar-refractivity contribution in [3.8, 4) is 78.7 Å². The lowest BCUT2D eigenvalue weighted by molar-refractivity contribution is 0.668. The molecule has 352 valence electrons. The molecule has 0 saturated heterocycles. The molecular weight excluding hydrogens is 931 g/mol. The van der Waals surface area contributed by atoms with E-state index >= 15 is 0 Å². The van der Waals surface area contributed by atoms with Crippen LogP contribution in [0.3, 0.4) is 0 Å². The van der Waals surface area contributed by atoms with Gasteiger partial charge in [-0.1, -0.05) is 182 Å². The highest BCUT2D eigenvalue weighted by molar-refractivity contribution is 6.15. The fourth-order valence-corrected chi connectivity index (χ4v) is 13.0. The van der Waals surface area contributed by atoms with Crippen molar-refractivity contribution in [2.24, 2.45) is 0 Å². The quantitative estimate of drug-likeness (QED) is 0.171. The number of aromatic nitrogens is 3. The molecule has 2 aliphatic carbocycles. The number of rotatable bonds is 5. The van der Waals surface area contributed by atoms with E-state index in [1.165, 1.54) is 50.1 Å². The molecule has 0 fully saturated rings. The number of nitrogens with zero attached hydrogens (tertiary/aromatic N) is 3. The van der Waals surface area contributed by atoms with Crippen molar-refractivity contribution in [1.29, 1.82) is 0 Å². The Labute approximate surface area is 434 Å². The molecule has 4 aromatic heterocycles. The van der Waals surface area contributed by atoms with Crippen LogP contribution in [0, 0.1) is 0 Å². The van der Waals surface area contributed by atoms with Crippen molar-refractivity contribution < 1.29 is 13.3 Å². The van der Waals surface area contributed by atoms with Crippen LogP contribution < -0.4 is 0 Å². The Hall–Kier alpha value is -10.2. The second-order valence-corrected chi connectivity index (χ2v) is 20.1. The van der Waals surface area contributed by atoms with Gasteiger partial charge < -0.3 is 13.3 Å². The molecule has 17 rings (SSSR count). The van der Waals surface area contributed by atoms with Crippen LogP contribution >= 0.6 is 0 Å². The van der Waals surface area contributed by atoms with Gasteiger partial charge in [0.05, 0.1) is 5.41 Å². The Morgan fingerprint density at radius 3 is 1.11 bits per heavy atom. The van der Waals surface area contributed by atoms with Crippen LogP contribution in [0.15, 0.2) is 250 Å². The second-order valence-electron chi connectivity index (χ2n) is 20.1. The first-order valence-corrected chi connectivity index (χ1v) is 25.7. The smallest absolute Gasteiger partial charge is 0.164 e. The third-order valence-corrected chi connectivity index (χ3v) is 16.2. The Kier molecular flexibility index (Phi) is 8.39. The molecule has 76 heavy (non-hydrogen) atoms. The molecule has 1 spiro atoms. The van der Waals surface area contributed by atoms with Gasteiger partial charge in [0, 0.05) is 49.0 Å². The van der Waals surface area contributed by atoms with Gasteiger partial charge in [-0.15, -0.1) is 0 Å². The summed E-state index contributed by atoms with van der Waals surface area (Å²) in [4.78, 5) is 16.1. The number of hydrogen-bond donors (Lipinski definition) is 0. The monoisotopic (exact) mass is 969 g/mol. The third-order valence-electron chi connectivity index (χ3n) is 16.2. The molecule has 0 saturated carbocycles. The summed E-state index contributed by atoms with van der Waals surface area (Å²) >= 11 is 0. The molecule has 6 heteroatoms. The van der Waals surface area contributed by atoms with Crippen LogP contribution in [0.5, 0.6) is 0 Å². The summed E-state index contributed by atoms with van der Waals surface area (Å²) in [6, 6.07) is 84.0. The largest absolute Gasteiger partial charge is 0.456 e. The Balaban J connectivity index is 0.832. The van der Waals surface area contributed by atoms with Gasteiger partial charge in [0.25, 0.3) is 0 Å². The number of benzene rings is 11. The summed E-state index contributed by atoms with van der Waals surface area (Å²) in [5.41, 5.74) is 21.8. The van der Waals surface area contributed by atoms with Crippen molar-refractivity contribution in [3.63, 3.8) is 0 Å². The van der Waals surface area contributed by atoms with E-state index in [1.807, 2.05) is 72.8 Å². The van der Waals surface area contributed by atoms with Gasteiger partial charge in [-0.2, -0.15) is 0 Å². The Morgan fingerprint density at radius 1 is 0.237 bits per heavy atom. The van der Waals surface area contributed by atoms with Crippen LogP contribution in [0.2, 0.25) is 0 Å². The summed E-state index contributed by atoms with van der Waals surface area (Å²) in [5, 5.41) is 5.79. The molecule has 0 atom stereocenters. The summed E-state index contributed by atoms with van der Waals surface area (Å²) in [6.07, 6.45) is 0. The molecule has 6 nitrogen and oxygen atoms in total. The highest BCUT2D eigenvalue weighted by Gasteiger charge is 2.51. The maximum Gasteiger partial charge on any atom is 0.164 e. The minimum Gasteiger partial charge on any atom is -0.456 e. The second kappa shape index (κ2) is 15.4. The van der Waals surface area contributed by atoms with Crippen molar-refractivity contribution in [1.82, 2.24) is 15.0 Å². The van der Waals surface area contributed by atoms with Crippen molar-refractivity contribution in [3.05, 3.63) is 259 Å². The Morgan fingerprint density at radius 2 is 0.592 bits per heavy atom. The van der Waals surface area contributed by atoms with Gasteiger partial charge in [-0.05, 0) is 121 Å². The van der Waals surface area contributed by atoms with E-state index in [0.717, 1.165) is 99.2 Å². The van der Waals surface area contributed by atoms with Crippen LogP contribution in [-0.4, -0.2) is 15.0 Å². The first kappa shape index (κ1) is 41.3. The summed E-state index contributed by atoms with van der Waals surface area (Å²) in [6.45, 7) is 0. The van der Waals surface area contributed by atoms with E-state index in [1.54, 1.807) is 0 Å². The SMILES string of the molecule is c1cc(-c2ccc3c(c2)C2(c4ccccc4-c4ccccc42)c2ccccc2-3)cc(-c2ccc3oc4cccc(-c5nc(-c6cccc7oc8ccccc8c67)nc(-c6cccc7oc8ccccc8c67)n5)c4c3c2)c1. The predicted octanol–water partition coefficient (Wildman–Crippen LogP) is 18.2. The lowest BCUT2D eigenvalue weighted by Gasteiger charge is -2.30. The molecule has 0 radical (unpaired) electrons. The molecule has 0 unspecified atom stereocenters. The fourth-order valence-electron chi connectivity index (χ4n) is 13.0. The van der Waals surface area contributed by atoms with Crippen LogP contribution in [-0.2, 0) is 5.41 Å². The summed E-state index contributed by atoms with van der Waals surface area (Å²) in [7, 11) is 0. The zero-order valence-corrected chi connectivity index (χ0v) is 40.6. The fraction of sp³-hybridized carbons (Fsp3) is 0.0143. The molecule has 2 aliphatic rings. The zero-order chi connectivity index (χ0) is 49.6. The van der Waals surface area contributed by atoms with Crippen LogP contribution in [0.1, 0.15) is 22.3 Å². The summed E-state index contributed by atoms with van der Waals surface area (Å²) < 4.78 is 19.5. The van der Waals surface area contributed by atoms with Crippen molar-refractivity contribution in [2.75, 3.05) is 0 Å². The van der Waals surface area contributed by atoms with Gasteiger partial charge in [-0.3, -0.25) is 0 Å². The standard InChI is InChI=1S/C70H39N3O3/c1-6-25-54-44(17-1)45-18-2-7-26-55(45)70(54)56-27-8-3-19-46(56)47-35-33-43(39-57(47)70)41-16-11-15-40(37-41)42-34-36-60-53(38-42)66-52(24-14-32-63(66)76-60)69-72-67(50-22-12-30-61-64(50)48-20-4-9-28-58(48)74-61)71-68(73-69)51-23-13-31-62-65(51)49-21-5-10-29-59(49)75-62/h1-39H. The van der Waals surface area contributed by atoms with Gasteiger partial charge >= 0.3 is 0 Å². The summed E-state index contributed by atoms with van der Waals surface area (Å²) in [5.74, 6) is 1.60. The minimum atomic E-state index is -0.417. The normalized spacial score (nSPS) is 13.1. The average Bonchev–Trinajstić information content (AvgIpc) is 4.35. The van der Waals surface area contributed by atoms with E-state index in [0.29, 0.717) is 17.5 Å². The minimum absolute atomic E-state index is 0.417. The van der Waals surface area contributed by atoms with E-state index in [4.69, 9.17) is 28.2 Å². The maximum atomic E-state index is 6.69. The highest BCUT2D eigenvalue weighted by Crippen LogP contribution is 2.63. The number of para-hydroxylation sites is 2. The molecule has 0 bridgehead atoms. The number of hydrogen-bond acceptors (Lipinski definition) is 6. The van der Waals surface area contributed by atoms with Gasteiger partial charge in [0.2, 0.25) is 0 Å². The van der Waals surface area contributed by atoms with Crippen molar-refractivity contribution >= 4 is 65.8 Å². The topological polar surface area (TPSA) is 78.1 Å². The van der Waals surface area contributed by atoms with Crippen LogP contribution in [0.4, 0.5) is 0 Å². The first-order valence-electron chi connectivity index (χ1n) is 25.7. The van der Waals surface area contributed by atoms with Crippen LogP contribution in [0.25, 0.3) is 144 Å². The lowest BCUT2D eigenvalue weighted by Crippen LogP contribution is -2.25. The van der Waals surface area contributed by atoms with Gasteiger partial charge in [0.1, 0.15) is 33.5 Å². The number of fused-ring (bicyclic) bond motifs is 19. The average molecular weight is 970 g/mol. The third kappa shape index (κ3) is 5.67. The molecule has 0 aliphatic heterocycles. The van der Waals surface area contributed by atoms with Crippen molar-refractivity contribution in [2.45, 2.75) is 5.41 Å².